The van der Waals surface area contributed by atoms with Crippen LogP contribution in [0.4, 0.5) is 0 Å². The molecule has 0 spiro atoms. The Hall–Kier alpha value is -3.02. The van der Waals surface area contributed by atoms with E-state index in [9.17, 15) is 4.79 Å². The first-order valence-corrected chi connectivity index (χ1v) is 6.22. The summed E-state index contributed by atoms with van der Waals surface area (Å²) in [4.78, 5) is 22.9. The molecule has 0 atom stereocenters. The number of esters is 1. The monoisotopic (exact) mass is 281 g/mol. The van der Waals surface area contributed by atoms with Crippen LogP contribution in [-0.2, 0) is 4.79 Å². The van der Waals surface area contributed by atoms with Crippen LogP contribution < -0.4 is 4.74 Å². The minimum Gasteiger partial charge on any atom is -0.436 e. The summed E-state index contributed by atoms with van der Waals surface area (Å²) in [5.74, 6) is 1.20. The van der Waals surface area contributed by atoms with Crippen molar-refractivity contribution in [2.45, 2.75) is 6.92 Å². The number of benzene rings is 1. The van der Waals surface area contributed by atoms with Crippen LogP contribution >= 0.6 is 0 Å². The molecule has 0 fully saturated rings. The van der Waals surface area contributed by atoms with Gasteiger partial charge in [-0.3, -0.25) is 4.79 Å². The second-order valence-corrected chi connectivity index (χ2v) is 4.27. The maximum absolute atomic E-state index is 10.9. The van der Waals surface area contributed by atoms with Gasteiger partial charge in [0.2, 0.25) is 5.89 Å². The van der Waals surface area contributed by atoms with Crippen molar-refractivity contribution in [3.63, 3.8) is 0 Å². The molecule has 0 bridgehead atoms. The van der Waals surface area contributed by atoms with Crippen molar-refractivity contribution in [3.8, 4) is 28.5 Å². The number of hydrogen-bond donors (Lipinski definition) is 0. The summed E-state index contributed by atoms with van der Waals surface area (Å²) in [5.41, 5.74) is 1.54. The molecule has 6 heteroatoms. The lowest BCUT2D eigenvalue weighted by Gasteiger charge is -2.01. The topological polar surface area (TPSA) is 78.1 Å². The minimum atomic E-state index is -0.353. The predicted octanol–water partition coefficient (Wildman–Crippen LogP) is 2.72. The van der Waals surface area contributed by atoms with Crippen molar-refractivity contribution >= 4 is 5.97 Å². The normalized spacial score (nSPS) is 10.3. The molecule has 6 nitrogen and oxygen atoms in total. The Morgan fingerprint density at radius 3 is 2.43 bits per heavy atom. The second kappa shape index (κ2) is 5.54. The molecule has 0 N–H and O–H groups in total. The van der Waals surface area contributed by atoms with Crippen LogP contribution in [-0.4, -0.2) is 20.9 Å². The van der Waals surface area contributed by atoms with Crippen LogP contribution in [0.2, 0.25) is 0 Å². The van der Waals surface area contributed by atoms with Crippen molar-refractivity contribution in [2.24, 2.45) is 0 Å². The van der Waals surface area contributed by atoms with Gasteiger partial charge in [0, 0.05) is 24.9 Å². The van der Waals surface area contributed by atoms with Crippen LogP contribution in [0.3, 0.4) is 0 Å². The van der Waals surface area contributed by atoms with Crippen LogP contribution in [0.25, 0.3) is 22.8 Å². The summed E-state index contributed by atoms with van der Waals surface area (Å²) in [7, 11) is 0. The minimum absolute atomic E-state index is 0.353. The van der Waals surface area contributed by atoms with Crippen molar-refractivity contribution < 1.29 is 13.9 Å². The molecular formula is C15H11N3O3. The van der Waals surface area contributed by atoms with Crippen LogP contribution in [0.1, 0.15) is 6.92 Å². The van der Waals surface area contributed by atoms with Crippen molar-refractivity contribution in [3.05, 3.63) is 49.2 Å². The highest BCUT2D eigenvalue weighted by atomic mass is 16.5. The molecule has 0 saturated heterocycles. The largest absolute Gasteiger partial charge is 0.436 e. The molecular weight excluding hydrogens is 270 g/mol. The maximum Gasteiger partial charge on any atom is 0.308 e. The number of rotatable bonds is 3. The zero-order valence-corrected chi connectivity index (χ0v) is 11.2. The number of aromatic nitrogens is 3. The van der Waals surface area contributed by atoms with Gasteiger partial charge < -0.3 is 9.15 Å². The van der Waals surface area contributed by atoms with Crippen molar-refractivity contribution in [1.82, 2.24) is 15.0 Å². The second-order valence-electron chi connectivity index (χ2n) is 4.27. The number of nitrogens with zero attached hydrogens (tertiary/aromatic N) is 3. The highest BCUT2D eigenvalue weighted by molar-refractivity contribution is 5.70. The average molecular weight is 281 g/mol. The van der Waals surface area contributed by atoms with Gasteiger partial charge in [0.15, 0.2) is 5.76 Å². The van der Waals surface area contributed by atoms with Crippen molar-refractivity contribution in [1.29, 1.82) is 0 Å². The van der Waals surface area contributed by atoms with E-state index in [2.05, 4.69) is 15.0 Å². The molecule has 0 unspecified atom stereocenters. The Bertz CT molecular complexity index is 751. The molecule has 21 heavy (non-hydrogen) atoms. The first kappa shape index (κ1) is 13.0. The molecule has 3 rings (SSSR count). The maximum atomic E-state index is 10.9. The molecule has 0 saturated carbocycles. The molecule has 1 aromatic carbocycles. The smallest absolute Gasteiger partial charge is 0.308 e. The van der Waals surface area contributed by atoms with E-state index in [0.717, 1.165) is 5.56 Å². The standard InChI is InChI=1S/C15H11N3O3/c1-10(19)20-13-4-2-11(3-5-13)14-8-18-15(21-14)12-6-16-9-17-7-12/h2-9H,1H3. The number of hydrogen-bond acceptors (Lipinski definition) is 6. The predicted molar refractivity (Wildman–Crippen MR) is 74.3 cm³/mol. The Kier molecular flexibility index (Phi) is 3.42. The Morgan fingerprint density at radius 1 is 1.05 bits per heavy atom. The van der Waals surface area contributed by atoms with Crippen LogP contribution in [0.15, 0.2) is 53.6 Å². The third-order valence-electron chi connectivity index (χ3n) is 2.71. The summed E-state index contributed by atoms with van der Waals surface area (Å²) in [5, 5.41) is 0. The Balaban J connectivity index is 1.85. The molecule has 0 aliphatic carbocycles. The third-order valence-corrected chi connectivity index (χ3v) is 2.71. The van der Waals surface area contributed by atoms with Gasteiger partial charge in [-0.1, -0.05) is 0 Å². The Morgan fingerprint density at radius 2 is 1.76 bits per heavy atom. The van der Waals surface area contributed by atoms with Gasteiger partial charge in [-0.2, -0.15) is 0 Å². The lowest BCUT2D eigenvalue weighted by Crippen LogP contribution is -2.00. The number of ether oxygens (including phenoxy) is 1. The molecule has 104 valence electrons. The number of carbonyl (C=O) groups excluding carboxylic acids is 1. The van der Waals surface area contributed by atoms with Gasteiger partial charge in [-0.05, 0) is 24.3 Å². The van der Waals surface area contributed by atoms with Crippen LogP contribution in [0, 0.1) is 0 Å². The van der Waals surface area contributed by atoms with E-state index in [1.54, 1.807) is 42.9 Å². The average Bonchev–Trinajstić information content (AvgIpc) is 2.98. The van der Waals surface area contributed by atoms with E-state index >= 15 is 0 Å². The summed E-state index contributed by atoms with van der Waals surface area (Å²) in [6.45, 7) is 1.36. The molecule has 2 aromatic heterocycles. The van der Waals surface area contributed by atoms with E-state index in [1.807, 2.05) is 0 Å². The highest BCUT2D eigenvalue weighted by Gasteiger charge is 2.09. The molecule has 2 heterocycles. The molecule has 0 radical (unpaired) electrons. The van der Waals surface area contributed by atoms with E-state index in [4.69, 9.17) is 9.15 Å². The molecule has 0 aliphatic rings. The van der Waals surface area contributed by atoms with E-state index < -0.39 is 0 Å². The van der Waals surface area contributed by atoms with Gasteiger partial charge in [0.1, 0.15) is 12.1 Å². The number of carbonyl (C=O) groups is 1. The first-order valence-electron chi connectivity index (χ1n) is 6.22. The van der Waals surface area contributed by atoms with Crippen LogP contribution in [0.5, 0.6) is 5.75 Å². The summed E-state index contributed by atoms with van der Waals surface area (Å²) >= 11 is 0. The van der Waals surface area contributed by atoms with Gasteiger partial charge in [-0.25, -0.2) is 15.0 Å². The van der Waals surface area contributed by atoms with Gasteiger partial charge in [0.25, 0.3) is 0 Å². The van der Waals surface area contributed by atoms with E-state index in [-0.39, 0.29) is 5.97 Å². The highest BCUT2D eigenvalue weighted by Crippen LogP contribution is 2.26. The lowest BCUT2D eigenvalue weighted by molar-refractivity contribution is -0.131. The van der Waals surface area contributed by atoms with Gasteiger partial charge >= 0.3 is 5.97 Å². The van der Waals surface area contributed by atoms with E-state index in [1.165, 1.54) is 13.3 Å². The number of oxazole rings is 1. The lowest BCUT2D eigenvalue weighted by atomic mass is 10.2. The zero-order valence-electron chi connectivity index (χ0n) is 11.2. The van der Waals surface area contributed by atoms with Crippen molar-refractivity contribution in [2.75, 3.05) is 0 Å². The fraction of sp³-hybridized carbons (Fsp3) is 0.0667. The molecule has 0 amide bonds. The summed E-state index contributed by atoms with van der Waals surface area (Å²) < 4.78 is 10.7. The van der Waals surface area contributed by atoms with Gasteiger partial charge in [0.05, 0.1) is 11.8 Å². The zero-order chi connectivity index (χ0) is 14.7. The fourth-order valence-corrected chi connectivity index (χ4v) is 1.80. The quantitative estimate of drug-likeness (QED) is 0.542. The molecule has 0 aliphatic heterocycles. The van der Waals surface area contributed by atoms with Gasteiger partial charge in [-0.15, -0.1) is 0 Å². The summed E-state index contributed by atoms with van der Waals surface area (Å²) in [6, 6.07) is 6.99. The summed E-state index contributed by atoms with van der Waals surface area (Å²) in [6.07, 6.45) is 6.34. The van der Waals surface area contributed by atoms with E-state index in [0.29, 0.717) is 23.0 Å². The first-order chi connectivity index (χ1) is 10.2. The Labute approximate surface area is 120 Å². The third kappa shape index (κ3) is 2.94. The molecule has 3 aromatic rings. The SMILES string of the molecule is CC(=O)Oc1ccc(-c2cnc(-c3cncnc3)o2)cc1. The fourth-order valence-electron chi connectivity index (χ4n) is 1.80.